The van der Waals surface area contributed by atoms with Crippen LogP contribution in [0.1, 0.15) is 17.4 Å². The third kappa shape index (κ3) is 2.30. The largest absolute Gasteiger partial charge is 0.494 e. The molecule has 2 aromatic rings. The van der Waals surface area contributed by atoms with Gasteiger partial charge in [0.25, 0.3) is 0 Å². The number of anilines is 1. The van der Waals surface area contributed by atoms with E-state index in [9.17, 15) is 9.59 Å². The van der Waals surface area contributed by atoms with Crippen molar-refractivity contribution in [3.63, 3.8) is 0 Å². The van der Waals surface area contributed by atoms with Crippen molar-refractivity contribution in [3.8, 4) is 11.4 Å². The number of nitrogens with zero attached hydrogens (tertiary/aromatic N) is 1. The van der Waals surface area contributed by atoms with Gasteiger partial charge < -0.3 is 15.6 Å². The number of carboxylic acids is 1. The summed E-state index contributed by atoms with van der Waals surface area (Å²) in [6, 6.07) is 6.48. The molecule has 19 heavy (non-hydrogen) atoms. The fourth-order valence-electron chi connectivity index (χ4n) is 1.77. The van der Waals surface area contributed by atoms with Crippen molar-refractivity contribution in [1.29, 1.82) is 0 Å². The number of hydrogen-bond donors (Lipinski definition) is 3. The molecular formula is C12H13N3O4. The van der Waals surface area contributed by atoms with Crippen LogP contribution < -0.4 is 16.2 Å². The molecule has 4 N–H and O–H groups in total. The highest BCUT2D eigenvalue weighted by atomic mass is 16.5. The smallest absolute Gasteiger partial charge is 0.356 e. The second-order valence-electron chi connectivity index (χ2n) is 3.76. The summed E-state index contributed by atoms with van der Waals surface area (Å²) in [6.07, 6.45) is 0. The first-order chi connectivity index (χ1) is 9.04. The van der Waals surface area contributed by atoms with Crippen LogP contribution in [0, 0.1) is 0 Å². The maximum Gasteiger partial charge on any atom is 0.356 e. The molecule has 1 aromatic heterocycles. The van der Waals surface area contributed by atoms with Gasteiger partial charge in [0.2, 0.25) is 0 Å². The summed E-state index contributed by atoms with van der Waals surface area (Å²) in [6.45, 7) is 2.38. The van der Waals surface area contributed by atoms with Crippen LogP contribution in [0.25, 0.3) is 5.69 Å². The van der Waals surface area contributed by atoms with Crippen LogP contribution in [0.15, 0.2) is 29.1 Å². The Morgan fingerprint density at radius 3 is 2.58 bits per heavy atom. The summed E-state index contributed by atoms with van der Waals surface area (Å²) < 4.78 is 6.28. The molecule has 0 saturated carbocycles. The van der Waals surface area contributed by atoms with Crippen molar-refractivity contribution in [3.05, 3.63) is 40.4 Å². The molecule has 100 valence electrons. The Hall–Kier alpha value is -2.70. The molecule has 7 nitrogen and oxygen atoms in total. The number of nitrogens with one attached hydrogen (secondary N) is 1. The molecule has 0 atom stereocenters. The van der Waals surface area contributed by atoms with Crippen molar-refractivity contribution in [2.24, 2.45) is 0 Å². The molecule has 7 heteroatoms. The minimum atomic E-state index is -1.27. The first-order valence-electron chi connectivity index (χ1n) is 5.61. The number of H-pyrrole nitrogens is 1. The van der Waals surface area contributed by atoms with Crippen molar-refractivity contribution < 1.29 is 14.6 Å². The maximum atomic E-state index is 11.7. The van der Waals surface area contributed by atoms with Gasteiger partial charge in [-0.2, -0.15) is 0 Å². The van der Waals surface area contributed by atoms with E-state index >= 15 is 0 Å². The number of aromatic carboxylic acids is 1. The Morgan fingerprint density at radius 2 is 2.05 bits per heavy atom. The summed E-state index contributed by atoms with van der Waals surface area (Å²) in [5.74, 6) is -0.809. The Labute approximate surface area is 108 Å². The number of imidazole rings is 1. The third-order valence-corrected chi connectivity index (χ3v) is 2.53. The van der Waals surface area contributed by atoms with E-state index in [1.807, 2.05) is 6.92 Å². The van der Waals surface area contributed by atoms with E-state index in [2.05, 4.69) is 4.98 Å². The van der Waals surface area contributed by atoms with Crippen molar-refractivity contribution in [2.45, 2.75) is 6.92 Å². The molecule has 2 rings (SSSR count). The highest BCUT2D eigenvalue weighted by Crippen LogP contribution is 2.17. The number of rotatable bonds is 4. The topological polar surface area (TPSA) is 110 Å². The quantitative estimate of drug-likeness (QED) is 0.757. The predicted octanol–water partition coefficient (Wildman–Crippen LogP) is 0.845. The Kier molecular flexibility index (Phi) is 3.28. The van der Waals surface area contributed by atoms with Crippen LogP contribution >= 0.6 is 0 Å². The number of hydrogen-bond acceptors (Lipinski definition) is 4. The number of ether oxygens (including phenoxy) is 1. The second-order valence-corrected chi connectivity index (χ2v) is 3.76. The third-order valence-electron chi connectivity index (χ3n) is 2.53. The van der Waals surface area contributed by atoms with E-state index in [1.54, 1.807) is 24.3 Å². The van der Waals surface area contributed by atoms with E-state index in [4.69, 9.17) is 15.6 Å². The lowest BCUT2D eigenvalue weighted by atomic mass is 10.3. The molecule has 0 bridgehead atoms. The minimum absolute atomic E-state index is 0.175. The molecule has 1 heterocycles. The van der Waals surface area contributed by atoms with Crippen molar-refractivity contribution >= 4 is 11.8 Å². The van der Waals surface area contributed by atoms with Crippen LogP contribution in [-0.2, 0) is 0 Å². The summed E-state index contributed by atoms with van der Waals surface area (Å²) in [4.78, 5) is 25.1. The van der Waals surface area contributed by atoms with E-state index < -0.39 is 11.7 Å². The van der Waals surface area contributed by atoms with Gasteiger partial charge >= 0.3 is 11.7 Å². The maximum absolute atomic E-state index is 11.7. The molecule has 0 aliphatic heterocycles. The van der Waals surface area contributed by atoms with Gasteiger partial charge in [-0.25, -0.2) is 9.59 Å². The van der Waals surface area contributed by atoms with Gasteiger partial charge in [0.15, 0.2) is 5.69 Å². The average molecular weight is 263 g/mol. The van der Waals surface area contributed by atoms with Crippen LogP contribution in [0.4, 0.5) is 5.82 Å². The second kappa shape index (κ2) is 4.89. The lowest BCUT2D eigenvalue weighted by Gasteiger charge is -2.06. The van der Waals surface area contributed by atoms with Gasteiger partial charge in [-0.15, -0.1) is 0 Å². The Bertz CT molecular complexity index is 655. The first kappa shape index (κ1) is 12.7. The fraction of sp³-hybridized carbons (Fsp3) is 0.167. The zero-order valence-electron chi connectivity index (χ0n) is 10.2. The van der Waals surface area contributed by atoms with E-state index in [1.165, 1.54) is 0 Å². The molecular weight excluding hydrogens is 250 g/mol. The van der Waals surface area contributed by atoms with Crippen molar-refractivity contribution in [1.82, 2.24) is 9.55 Å². The number of nitrogen functional groups attached to an aromatic ring is 1. The molecule has 0 fully saturated rings. The average Bonchev–Trinajstić information content (AvgIpc) is 2.66. The van der Waals surface area contributed by atoms with Crippen LogP contribution in [-0.4, -0.2) is 27.2 Å². The van der Waals surface area contributed by atoms with Gasteiger partial charge in [-0.1, -0.05) is 0 Å². The fourth-order valence-corrected chi connectivity index (χ4v) is 1.77. The van der Waals surface area contributed by atoms with Gasteiger partial charge in [0.05, 0.1) is 12.3 Å². The highest BCUT2D eigenvalue weighted by molar-refractivity contribution is 5.91. The molecule has 0 unspecified atom stereocenters. The predicted molar refractivity (Wildman–Crippen MR) is 68.9 cm³/mol. The van der Waals surface area contributed by atoms with Gasteiger partial charge in [-0.05, 0) is 31.2 Å². The Morgan fingerprint density at radius 1 is 1.42 bits per heavy atom. The number of carbonyl (C=O) groups is 1. The summed E-state index contributed by atoms with van der Waals surface area (Å²) >= 11 is 0. The van der Waals surface area contributed by atoms with Crippen LogP contribution in [0.5, 0.6) is 5.75 Å². The molecule has 0 aliphatic rings. The zero-order valence-corrected chi connectivity index (χ0v) is 10.2. The number of aromatic nitrogens is 2. The first-order valence-corrected chi connectivity index (χ1v) is 5.61. The number of carboxylic acid groups (broad SMARTS) is 1. The van der Waals surface area contributed by atoms with Gasteiger partial charge in [0, 0.05) is 0 Å². The lowest BCUT2D eigenvalue weighted by Crippen LogP contribution is -2.19. The normalized spacial score (nSPS) is 10.4. The number of nitrogens with two attached hydrogens (primary N) is 1. The highest BCUT2D eigenvalue weighted by Gasteiger charge is 2.19. The molecule has 1 aromatic carbocycles. The summed E-state index contributed by atoms with van der Waals surface area (Å²) in [5.41, 5.74) is 5.00. The summed E-state index contributed by atoms with van der Waals surface area (Å²) in [5, 5.41) is 9.08. The van der Waals surface area contributed by atoms with E-state index in [0.29, 0.717) is 18.0 Å². The standard InChI is InChI=1S/C12H13N3O4/c1-2-19-8-5-3-7(4-6-8)15-9(11(16)17)10(13)14-12(15)18/h3-6H,2,13H2,1H3,(H,14,18)(H,16,17). The number of benzene rings is 1. The van der Waals surface area contributed by atoms with Gasteiger partial charge in [-0.3, -0.25) is 9.55 Å². The van der Waals surface area contributed by atoms with E-state index in [0.717, 1.165) is 4.57 Å². The molecule has 0 saturated heterocycles. The monoisotopic (exact) mass is 263 g/mol. The minimum Gasteiger partial charge on any atom is -0.494 e. The SMILES string of the molecule is CCOc1ccc(-n2c(C(=O)O)c(N)[nH]c2=O)cc1. The van der Waals surface area contributed by atoms with Crippen LogP contribution in [0.3, 0.4) is 0 Å². The lowest BCUT2D eigenvalue weighted by molar-refractivity contribution is 0.0689. The summed E-state index contributed by atoms with van der Waals surface area (Å²) in [7, 11) is 0. The zero-order chi connectivity index (χ0) is 14.0. The molecule has 0 radical (unpaired) electrons. The van der Waals surface area contributed by atoms with Crippen LogP contribution in [0.2, 0.25) is 0 Å². The molecule has 0 spiro atoms. The molecule has 0 amide bonds. The molecule has 0 aliphatic carbocycles. The Balaban J connectivity index is 2.52. The van der Waals surface area contributed by atoms with Gasteiger partial charge in [0.1, 0.15) is 11.6 Å². The van der Waals surface area contributed by atoms with Crippen molar-refractivity contribution in [2.75, 3.05) is 12.3 Å². The van der Waals surface area contributed by atoms with E-state index in [-0.39, 0.29) is 11.5 Å². The number of aromatic amines is 1.